The van der Waals surface area contributed by atoms with Crippen molar-refractivity contribution in [2.24, 2.45) is 0 Å². The maximum Gasteiger partial charge on any atom is 0.252 e. The summed E-state index contributed by atoms with van der Waals surface area (Å²) in [5.74, 6) is 0.0786. The lowest BCUT2D eigenvalue weighted by molar-refractivity contribution is 0.0908. The molecule has 0 bridgehead atoms. The summed E-state index contributed by atoms with van der Waals surface area (Å²) in [6, 6.07) is 8.96. The van der Waals surface area contributed by atoms with Crippen molar-refractivity contribution in [3.05, 3.63) is 33.4 Å². The maximum atomic E-state index is 12.2. The van der Waals surface area contributed by atoms with Crippen LogP contribution in [0.25, 0.3) is 0 Å². The Kier molecular flexibility index (Phi) is 4.07. The van der Waals surface area contributed by atoms with Gasteiger partial charge in [0.15, 0.2) is 0 Å². The van der Waals surface area contributed by atoms with Gasteiger partial charge in [-0.25, -0.2) is 0 Å². The van der Waals surface area contributed by atoms with Gasteiger partial charge in [-0.3, -0.25) is 4.79 Å². The molecule has 1 aliphatic heterocycles. The minimum absolute atomic E-state index is 0.0786. The van der Waals surface area contributed by atoms with Gasteiger partial charge in [0, 0.05) is 28.7 Å². The van der Waals surface area contributed by atoms with Gasteiger partial charge in [0.1, 0.15) is 0 Å². The van der Waals surface area contributed by atoms with Crippen molar-refractivity contribution in [1.29, 1.82) is 0 Å². The molecule has 0 unspecified atom stereocenters. The normalized spacial score (nSPS) is 21.3. The van der Waals surface area contributed by atoms with Gasteiger partial charge in [0.2, 0.25) is 0 Å². The van der Waals surface area contributed by atoms with Crippen LogP contribution in [0.15, 0.2) is 24.3 Å². The molecule has 1 aliphatic carbocycles. The molecule has 2 aliphatic rings. The Bertz CT molecular complexity index is 465. The highest BCUT2D eigenvalue weighted by atomic mass is 127. The van der Waals surface area contributed by atoms with E-state index in [-0.39, 0.29) is 5.91 Å². The third-order valence-electron chi connectivity index (χ3n) is 4.05. The number of benzene rings is 1. The van der Waals surface area contributed by atoms with E-state index in [1.54, 1.807) is 0 Å². The average molecular weight is 370 g/mol. The van der Waals surface area contributed by atoms with E-state index in [1.807, 2.05) is 24.3 Å². The summed E-state index contributed by atoms with van der Waals surface area (Å²) in [7, 11) is 0. The third-order valence-corrected chi connectivity index (χ3v) is 4.99. The number of hydrogen-bond acceptors (Lipinski definition) is 2. The minimum Gasteiger partial charge on any atom is -0.349 e. The number of amides is 1. The predicted molar refractivity (Wildman–Crippen MR) is 84.2 cm³/mol. The van der Waals surface area contributed by atoms with Gasteiger partial charge in [0.05, 0.1) is 5.56 Å². The first-order valence-electron chi connectivity index (χ1n) is 7.03. The van der Waals surface area contributed by atoms with Crippen molar-refractivity contribution in [3.63, 3.8) is 0 Å². The van der Waals surface area contributed by atoms with E-state index >= 15 is 0 Å². The fourth-order valence-electron chi connectivity index (χ4n) is 2.76. The van der Waals surface area contributed by atoms with Gasteiger partial charge in [0.25, 0.3) is 5.91 Å². The van der Waals surface area contributed by atoms with Crippen molar-refractivity contribution in [2.45, 2.75) is 37.8 Å². The first kappa shape index (κ1) is 13.4. The topological polar surface area (TPSA) is 32.3 Å². The molecule has 1 aromatic carbocycles. The number of likely N-dealkylation sites (tertiary alicyclic amines) is 1. The van der Waals surface area contributed by atoms with E-state index in [0.29, 0.717) is 6.04 Å². The van der Waals surface area contributed by atoms with Crippen LogP contribution in [0, 0.1) is 3.57 Å². The van der Waals surface area contributed by atoms with Crippen LogP contribution in [-0.2, 0) is 0 Å². The molecule has 2 fully saturated rings. The molecule has 1 heterocycles. The van der Waals surface area contributed by atoms with E-state index in [2.05, 4.69) is 32.8 Å². The fraction of sp³-hybridized carbons (Fsp3) is 0.533. The summed E-state index contributed by atoms with van der Waals surface area (Å²) < 4.78 is 1.02. The standard InChI is InChI=1S/C15H19IN2O/c16-14-4-2-1-3-13(14)15(19)17-11-7-9-18(10-8-11)12-5-6-12/h1-4,11-12H,5-10H2,(H,17,19). The highest BCUT2D eigenvalue weighted by Crippen LogP contribution is 2.29. The molecule has 1 saturated carbocycles. The second-order valence-corrected chi connectivity index (χ2v) is 6.66. The van der Waals surface area contributed by atoms with Gasteiger partial charge in [-0.15, -0.1) is 0 Å². The zero-order valence-corrected chi connectivity index (χ0v) is 13.1. The van der Waals surface area contributed by atoms with Crippen molar-refractivity contribution in [2.75, 3.05) is 13.1 Å². The third kappa shape index (κ3) is 3.28. The molecule has 1 saturated heterocycles. The van der Waals surface area contributed by atoms with E-state index in [0.717, 1.165) is 41.1 Å². The highest BCUT2D eigenvalue weighted by Gasteiger charge is 2.32. The first-order chi connectivity index (χ1) is 9.24. The van der Waals surface area contributed by atoms with Crippen LogP contribution in [0.3, 0.4) is 0 Å². The average Bonchev–Trinajstić information content (AvgIpc) is 3.24. The number of carbonyl (C=O) groups excluding carboxylic acids is 1. The van der Waals surface area contributed by atoms with Gasteiger partial charge >= 0.3 is 0 Å². The quantitative estimate of drug-likeness (QED) is 0.830. The van der Waals surface area contributed by atoms with Crippen molar-refractivity contribution >= 4 is 28.5 Å². The molecule has 1 N–H and O–H groups in total. The highest BCUT2D eigenvalue weighted by molar-refractivity contribution is 14.1. The van der Waals surface area contributed by atoms with Gasteiger partial charge < -0.3 is 10.2 Å². The molecule has 4 heteroatoms. The number of carbonyl (C=O) groups is 1. The number of nitrogens with one attached hydrogen (secondary N) is 1. The number of rotatable bonds is 3. The van der Waals surface area contributed by atoms with Crippen LogP contribution in [0.5, 0.6) is 0 Å². The summed E-state index contributed by atoms with van der Waals surface area (Å²) in [6.07, 6.45) is 4.93. The maximum absolute atomic E-state index is 12.2. The predicted octanol–water partition coefficient (Wildman–Crippen LogP) is 2.65. The zero-order valence-electron chi connectivity index (χ0n) is 10.9. The smallest absolute Gasteiger partial charge is 0.252 e. The zero-order chi connectivity index (χ0) is 13.2. The van der Waals surface area contributed by atoms with Crippen LogP contribution in [0.2, 0.25) is 0 Å². The number of halogens is 1. The van der Waals surface area contributed by atoms with Gasteiger partial charge in [-0.05, 0) is 60.4 Å². The monoisotopic (exact) mass is 370 g/mol. The second-order valence-electron chi connectivity index (χ2n) is 5.49. The molecule has 19 heavy (non-hydrogen) atoms. The SMILES string of the molecule is O=C(NC1CCN(C2CC2)CC1)c1ccccc1I. The summed E-state index contributed by atoms with van der Waals surface area (Å²) in [4.78, 5) is 14.8. The van der Waals surface area contributed by atoms with Gasteiger partial charge in [-0.2, -0.15) is 0 Å². The Hall–Kier alpha value is -0.620. The Morgan fingerprint density at radius 2 is 1.84 bits per heavy atom. The summed E-state index contributed by atoms with van der Waals surface area (Å²) >= 11 is 2.22. The van der Waals surface area contributed by atoms with Crippen LogP contribution in [-0.4, -0.2) is 36.0 Å². The lowest BCUT2D eigenvalue weighted by Gasteiger charge is -2.32. The van der Waals surface area contributed by atoms with Crippen LogP contribution >= 0.6 is 22.6 Å². The molecule has 0 radical (unpaired) electrons. The Balaban J connectivity index is 1.54. The van der Waals surface area contributed by atoms with Crippen molar-refractivity contribution < 1.29 is 4.79 Å². The summed E-state index contributed by atoms with van der Waals surface area (Å²) in [5.41, 5.74) is 0.799. The summed E-state index contributed by atoms with van der Waals surface area (Å²) in [5, 5.41) is 3.19. The first-order valence-corrected chi connectivity index (χ1v) is 8.11. The van der Waals surface area contributed by atoms with E-state index in [4.69, 9.17) is 0 Å². The molecule has 0 spiro atoms. The Labute approximate surface area is 127 Å². The molecular formula is C15H19IN2O. The second kappa shape index (κ2) is 5.79. The molecule has 0 atom stereocenters. The van der Waals surface area contributed by atoms with E-state index < -0.39 is 0 Å². The van der Waals surface area contributed by atoms with Crippen molar-refractivity contribution in [3.8, 4) is 0 Å². The van der Waals surface area contributed by atoms with E-state index in [9.17, 15) is 4.79 Å². The summed E-state index contributed by atoms with van der Waals surface area (Å²) in [6.45, 7) is 2.28. The number of nitrogens with zero attached hydrogens (tertiary/aromatic N) is 1. The largest absolute Gasteiger partial charge is 0.349 e. The number of hydrogen-bond donors (Lipinski definition) is 1. The minimum atomic E-state index is 0.0786. The lowest BCUT2D eigenvalue weighted by Crippen LogP contribution is -2.45. The molecule has 1 amide bonds. The molecule has 1 aromatic rings. The number of piperidine rings is 1. The van der Waals surface area contributed by atoms with Crippen LogP contribution in [0.1, 0.15) is 36.0 Å². The molecule has 3 rings (SSSR count). The van der Waals surface area contributed by atoms with Gasteiger partial charge in [-0.1, -0.05) is 12.1 Å². The Morgan fingerprint density at radius 3 is 2.47 bits per heavy atom. The Morgan fingerprint density at radius 1 is 1.16 bits per heavy atom. The lowest BCUT2D eigenvalue weighted by atomic mass is 10.0. The van der Waals surface area contributed by atoms with E-state index in [1.165, 1.54) is 12.8 Å². The molecule has 102 valence electrons. The van der Waals surface area contributed by atoms with Crippen molar-refractivity contribution in [1.82, 2.24) is 10.2 Å². The molecular weight excluding hydrogens is 351 g/mol. The van der Waals surface area contributed by atoms with Crippen LogP contribution in [0.4, 0.5) is 0 Å². The van der Waals surface area contributed by atoms with Crippen LogP contribution < -0.4 is 5.32 Å². The fourth-order valence-corrected chi connectivity index (χ4v) is 3.39. The molecule has 0 aromatic heterocycles. The molecule has 3 nitrogen and oxygen atoms in total.